The van der Waals surface area contributed by atoms with Gasteiger partial charge < -0.3 is 10.2 Å². The van der Waals surface area contributed by atoms with Gasteiger partial charge in [-0.15, -0.1) is 0 Å². The minimum atomic E-state index is 0.139. The minimum Gasteiger partial charge on any atom is -0.384 e. The third-order valence-corrected chi connectivity index (χ3v) is 3.28. The Bertz CT molecular complexity index is 377. The second-order valence-corrected chi connectivity index (χ2v) is 4.73. The number of carbonyl (C=O) groups excluding carboxylic acids is 1. The zero-order valence-electron chi connectivity index (χ0n) is 9.88. The third kappa shape index (κ3) is 3.52. The van der Waals surface area contributed by atoms with Crippen molar-refractivity contribution in [1.29, 1.82) is 0 Å². The number of rotatable bonds is 4. The van der Waals surface area contributed by atoms with Crippen molar-refractivity contribution in [2.75, 3.05) is 26.0 Å². The maximum Gasteiger partial charge on any atom is 0.223 e. The third-order valence-electron chi connectivity index (χ3n) is 2.42. The molecule has 0 unspecified atom stereocenters. The zero-order chi connectivity index (χ0) is 12.1. The van der Waals surface area contributed by atoms with Gasteiger partial charge in [0.05, 0.1) is 0 Å². The van der Waals surface area contributed by atoms with Gasteiger partial charge in [-0.05, 0) is 24.6 Å². The molecule has 0 aliphatic rings. The Labute approximate surface area is 105 Å². The lowest BCUT2D eigenvalue weighted by molar-refractivity contribution is -0.128. The molecule has 4 heteroatoms. The molecule has 0 bridgehead atoms. The van der Waals surface area contributed by atoms with Crippen molar-refractivity contribution < 1.29 is 4.79 Å². The summed E-state index contributed by atoms with van der Waals surface area (Å²) in [6.45, 7) is 2.70. The first-order valence-electron chi connectivity index (χ1n) is 5.21. The molecule has 1 aromatic carbocycles. The van der Waals surface area contributed by atoms with Crippen LogP contribution in [0, 0.1) is 6.92 Å². The van der Waals surface area contributed by atoms with Crippen LogP contribution >= 0.6 is 15.9 Å². The molecule has 0 fully saturated rings. The summed E-state index contributed by atoms with van der Waals surface area (Å²) in [7, 11) is 3.54. The lowest BCUT2D eigenvalue weighted by Gasteiger charge is -2.13. The van der Waals surface area contributed by atoms with E-state index in [1.54, 1.807) is 19.0 Å². The molecule has 0 saturated carbocycles. The highest BCUT2D eigenvalue weighted by atomic mass is 79.9. The van der Waals surface area contributed by atoms with Gasteiger partial charge in [0.2, 0.25) is 5.91 Å². The second-order valence-electron chi connectivity index (χ2n) is 3.88. The topological polar surface area (TPSA) is 32.3 Å². The van der Waals surface area contributed by atoms with Gasteiger partial charge in [-0.2, -0.15) is 0 Å². The Morgan fingerprint density at radius 2 is 2.12 bits per heavy atom. The molecule has 0 heterocycles. The van der Waals surface area contributed by atoms with Crippen molar-refractivity contribution in [1.82, 2.24) is 4.90 Å². The van der Waals surface area contributed by atoms with Crippen LogP contribution in [-0.4, -0.2) is 31.4 Å². The highest BCUT2D eigenvalue weighted by Gasteiger charge is 2.04. The number of nitrogens with zero attached hydrogens (tertiary/aromatic N) is 1. The molecule has 0 aromatic heterocycles. The van der Waals surface area contributed by atoms with E-state index in [0.717, 1.165) is 10.2 Å². The van der Waals surface area contributed by atoms with Crippen LogP contribution < -0.4 is 5.32 Å². The normalized spacial score (nSPS) is 10.0. The lowest BCUT2D eigenvalue weighted by atomic mass is 10.2. The first-order chi connectivity index (χ1) is 7.52. The molecule has 0 aliphatic carbocycles. The number of amides is 1. The molecule has 1 rings (SSSR count). The van der Waals surface area contributed by atoms with Crippen molar-refractivity contribution in [3.05, 3.63) is 28.2 Å². The lowest BCUT2D eigenvalue weighted by Crippen LogP contribution is -2.24. The van der Waals surface area contributed by atoms with Crippen molar-refractivity contribution >= 4 is 27.5 Å². The van der Waals surface area contributed by atoms with Gasteiger partial charge in [0, 0.05) is 37.2 Å². The van der Waals surface area contributed by atoms with Gasteiger partial charge >= 0.3 is 0 Å². The summed E-state index contributed by atoms with van der Waals surface area (Å²) < 4.78 is 1.08. The number of carbonyl (C=O) groups is 1. The first kappa shape index (κ1) is 13.0. The molecule has 0 spiro atoms. The van der Waals surface area contributed by atoms with Crippen molar-refractivity contribution in [3.63, 3.8) is 0 Å². The van der Waals surface area contributed by atoms with Gasteiger partial charge in [0.1, 0.15) is 0 Å². The Balaban J connectivity index is 2.49. The van der Waals surface area contributed by atoms with E-state index < -0.39 is 0 Å². The fourth-order valence-corrected chi connectivity index (χ4v) is 1.69. The Hall–Kier alpha value is -1.03. The molecule has 1 N–H and O–H groups in total. The SMILES string of the molecule is Cc1c(Br)cccc1NCCC(=O)N(C)C. The summed E-state index contributed by atoms with van der Waals surface area (Å²) in [5.41, 5.74) is 2.24. The Kier molecular flexibility index (Phi) is 4.80. The van der Waals surface area contributed by atoms with E-state index in [-0.39, 0.29) is 5.91 Å². The summed E-state index contributed by atoms with van der Waals surface area (Å²) >= 11 is 3.47. The second kappa shape index (κ2) is 5.89. The molecule has 0 saturated heterocycles. The molecule has 3 nitrogen and oxygen atoms in total. The molecule has 0 aliphatic heterocycles. The van der Waals surface area contributed by atoms with E-state index >= 15 is 0 Å². The summed E-state index contributed by atoms with van der Waals surface area (Å²) in [5.74, 6) is 0.139. The number of halogens is 1. The standard InChI is InChI=1S/C12H17BrN2O/c1-9-10(13)5-4-6-11(9)14-8-7-12(16)15(2)3/h4-6,14H,7-8H2,1-3H3. The van der Waals surface area contributed by atoms with Gasteiger partial charge in [-0.1, -0.05) is 22.0 Å². The molecule has 1 aromatic rings. The summed E-state index contributed by atoms with van der Waals surface area (Å²) in [6.07, 6.45) is 0.513. The molecule has 88 valence electrons. The van der Waals surface area contributed by atoms with Gasteiger partial charge in [-0.25, -0.2) is 0 Å². The van der Waals surface area contributed by atoms with E-state index in [2.05, 4.69) is 21.2 Å². The largest absolute Gasteiger partial charge is 0.384 e. The van der Waals surface area contributed by atoms with Crippen molar-refractivity contribution in [3.8, 4) is 0 Å². The quantitative estimate of drug-likeness (QED) is 0.922. The number of benzene rings is 1. The predicted octanol–water partition coefficient (Wildman–Crippen LogP) is 2.65. The van der Waals surface area contributed by atoms with Gasteiger partial charge in [-0.3, -0.25) is 4.79 Å². The van der Waals surface area contributed by atoms with Crippen LogP contribution in [0.5, 0.6) is 0 Å². The van der Waals surface area contributed by atoms with Crippen LogP contribution in [-0.2, 0) is 4.79 Å². The maximum absolute atomic E-state index is 11.4. The number of anilines is 1. The van der Waals surface area contributed by atoms with Crippen molar-refractivity contribution in [2.24, 2.45) is 0 Å². The fraction of sp³-hybridized carbons (Fsp3) is 0.417. The highest BCUT2D eigenvalue weighted by molar-refractivity contribution is 9.10. The predicted molar refractivity (Wildman–Crippen MR) is 70.7 cm³/mol. The molecular formula is C12H17BrN2O. The Morgan fingerprint density at radius 3 is 2.75 bits per heavy atom. The van der Waals surface area contributed by atoms with E-state index in [9.17, 15) is 4.79 Å². The minimum absolute atomic E-state index is 0.139. The highest BCUT2D eigenvalue weighted by Crippen LogP contribution is 2.23. The van der Waals surface area contributed by atoms with Gasteiger partial charge in [0.25, 0.3) is 0 Å². The van der Waals surface area contributed by atoms with Gasteiger partial charge in [0.15, 0.2) is 0 Å². The van der Waals surface area contributed by atoms with Crippen LogP contribution in [0.3, 0.4) is 0 Å². The number of hydrogen-bond donors (Lipinski definition) is 1. The fourth-order valence-electron chi connectivity index (χ4n) is 1.33. The van der Waals surface area contributed by atoms with E-state index in [1.807, 2.05) is 25.1 Å². The average molecular weight is 285 g/mol. The van der Waals surface area contributed by atoms with E-state index in [0.29, 0.717) is 13.0 Å². The Morgan fingerprint density at radius 1 is 1.44 bits per heavy atom. The van der Waals surface area contributed by atoms with Crippen LogP contribution in [0.25, 0.3) is 0 Å². The smallest absolute Gasteiger partial charge is 0.223 e. The monoisotopic (exact) mass is 284 g/mol. The van der Waals surface area contributed by atoms with E-state index in [1.165, 1.54) is 5.56 Å². The summed E-state index contributed by atoms with van der Waals surface area (Å²) in [5, 5.41) is 3.26. The first-order valence-corrected chi connectivity index (χ1v) is 6.01. The molecule has 1 amide bonds. The average Bonchev–Trinajstić information content (AvgIpc) is 2.24. The van der Waals surface area contributed by atoms with Crippen LogP contribution in [0.15, 0.2) is 22.7 Å². The maximum atomic E-state index is 11.4. The van der Waals surface area contributed by atoms with Crippen LogP contribution in [0.4, 0.5) is 5.69 Å². The molecule has 0 atom stereocenters. The molecule has 0 radical (unpaired) electrons. The summed E-state index contributed by atoms with van der Waals surface area (Å²) in [4.78, 5) is 13.0. The summed E-state index contributed by atoms with van der Waals surface area (Å²) in [6, 6.07) is 6.00. The van der Waals surface area contributed by atoms with Crippen LogP contribution in [0.1, 0.15) is 12.0 Å². The van der Waals surface area contributed by atoms with E-state index in [4.69, 9.17) is 0 Å². The number of hydrogen-bond acceptors (Lipinski definition) is 2. The zero-order valence-corrected chi connectivity index (χ0v) is 11.5. The van der Waals surface area contributed by atoms with Crippen molar-refractivity contribution in [2.45, 2.75) is 13.3 Å². The number of nitrogens with one attached hydrogen (secondary N) is 1. The molecular weight excluding hydrogens is 268 g/mol. The van der Waals surface area contributed by atoms with Crippen LogP contribution in [0.2, 0.25) is 0 Å². The molecule has 16 heavy (non-hydrogen) atoms.